The molecule has 124 valence electrons. The number of pyridine rings is 1. The zero-order valence-corrected chi connectivity index (χ0v) is 13.5. The zero-order valence-electron chi connectivity index (χ0n) is 13.5. The van der Waals surface area contributed by atoms with Gasteiger partial charge in [0.1, 0.15) is 0 Å². The van der Waals surface area contributed by atoms with Crippen molar-refractivity contribution >= 4 is 5.91 Å². The highest BCUT2D eigenvalue weighted by Crippen LogP contribution is 2.39. The van der Waals surface area contributed by atoms with Crippen LogP contribution in [0.15, 0.2) is 48.5 Å². The van der Waals surface area contributed by atoms with Gasteiger partial charge in [-0.2, -0.15) is 0 Å². The molecule has 25 heavy (non-hydrogen) atoms. The number of nitrogens with two attached hydrogens (primary N) is 1. The third-order valence-corrected chi connectivity index (χ3v) is 4.48. The van der Waals surface area contributed by atoms with E-state index in [2.05, 4.69) is 4.98 Å². The van der Waals surface area contributed by atoms with Crippen LogP contribution in [0.4, 0.5) is 4.39 Å². The van der Waals surface area contributed by atoms with Crippen LogP contribution in [-0.2, 0) is 6.42 Å². The maximum Gasteiger partial charge on any atom is 0.249 e. The Morgan fingerprint density at radius 3 is 2.72 bits per heavy atom. The number of carbonyl (C=O) groups excluding carboxylic acids is 1. The summed E-state index contributed by atoms with van der Waals surface area (Å²) >= 11 is 0. The molecule has 3 aromatic rings. The van der Waals surface area contributed by atoms with Crippen molar-refractivity contribution in [3.8, 4) is 28.3 Å². The van der Waals surface area contributed by atoms with Crippen molar-refractivity contribution in [2.45, 2.75) is 6.42 Å². The standard InChI is InChI=1S/C20H15FN2O2/c1-25-18-7-6-12(9-16(18)21)17-10-15(20(22)24)14-8-11-4-2-3-5-13(11)19(14)23-17/h2-7,9-10H,8H2,1H3,(H2,22,24). The first-order valence-electron chi connectivity index (χ1n) is 7.84. The highest BCUT2D eigenvalue weighted by atomic mass is 19.1. The molecular weight excluding hydrogens is 319 g/mol. The first-order valence-corrected chi connectivity index (χ1v) is 7.84. The minimum Gasteiger partial charge on any atom is -0.494 e. The number of halogens is 1. The van der Waals surface area contributed by atoms with Gasteiger partial charge >= 0.3 is 0 Å². The van der Waals surface area contributed by atoms with Gasteiger partial charge in [-0.25, -0.2) is 9.37 Å². The average molecular weight is 334 g/mol. The molecule has 0 bridgehead atoms. The number of nitrogens with zero attached hydrogens (tertiary/aromatic N) is 1. The number of ether oxygens (including phenoxy) is 1. The quantitative estimate of drug-likeness (QED) is 0.623. The summed E-state index contributed by atoms with van der Waals surface area (Å²) in [5.74, 6) is -0.838. The third kappa shape index (κ3) is 2.45. The van der Waals surface area contributed by atoms with Crippen molar-refractivity contribution in [3.63, 3.8) is 0 Å². The summed E-state index contributed by atoms with van der Waals surface area (Å²) in [5.41, 5.74) is 10.7. The van der Waals surface area contributed by atoms with Crippen LogP contribution in [0, 0.1) is 5.82 Å². The molecule has 0 saturated heterocycles. The van der Waals surface area contributed by atoms with E-state index in [-0.39, 0.29) is 5.75 Å². The molecular formula is C20H15FN2O2. The lowest BCUT2D eigenvalue weighted by Gasteiger charge is -2.10. The molecule has 1 amide bonds. The minimum absolute atomic E-state index is 0.158. The Balaban J connectivity index is 1.93. The molecule has 0 unspecified atom stereocenters. The van der Waals surface area contributed by atoms with E-state index >= 15 is 0 Å². The number of primary amides is 1. The molecule has 2 aromatic carbocycles. The maximum atomic E-state index is 14.1. The molecule has 0 fully saturated rings. The van der Waals surface area contributed by atoms with Gasteiger partial charge in [-0.05, 0) is 35.4 Å². The van der Waals surface area contributed by atoms with Gasteiger partial charge in [-0.3, -0.25) is 4.79 Å². The zero-order chi connectivity index (χ0) is 17.6. The summed E-state index contributed by atoms with van der Waals surface area (Å²) in [6, 6.07) is 14.1. The van der Waals surface area contributed by atoms with Crippen molar-refractivity contribution in [3.05, 3.63) is 71.0 Å². The Kier molecular flexibility index (Phi) is 3.50. The number of hydrogen-bond acceptors (Lipinski definition) is 3. The summed E-state index contributed by atoms with van der Waals surface area (Å²) in [5, 5.41) is 0. The number of amides is 1. The van der Waals surface area contributed by atoms with E-state index in [0.717, 1.165) is 22.4 Å². The number of methoxy groups -OCH3 is 1. The number of benzene rings is 2. The van der Waals surface area contributed by atoms with E-state index in [1.807, 2.05) is 24.3 Å². The second-order valence-corrected chi connectivity index (χ2v) is 5.93. The van der Waals surface area contributed by atoms with Crippen LogP contribution in [0.25, 0.3) is 22.5 Å². The van der Waals surface area contributed by atoms with Crippen LogP contribution in [0.5, 0.6) is 5.75 Å². The fraction of sp³-hybridized carbons (Fsp3) is 0.100. The Labute approximate surface area is 144 Å². The minimum atomic E-state index is -0.512. The number of fused-ring (bicyclic) bond motifs is 3. The van der Waals surface area contributed by atoms with Gasteiger partial charge < -0.3 is 10.5 Å². The Bertz CT molecular complexity index is 1010. The predicted octanol–water partition coefficient (Wildman–Crippen LogP) is 3.57. The lowest BCUT2D eigenvalue weighted by atomic mass is 10.0. The van der Waals surface area contributed by atoms with Crippen LogP contribution < -0.4 is 10.5 Å². The number of carbonyl (C=O) groups is 1. The summed E-state index contributed by atoms with van der Waals surface area (Å²) in [4.78, 5) is 16.7. The maximum absolute atomic E-state index is 14.1. The van der Waals surface area contributed by atoms with Gasteiger partial charge in [0.15, 0.2) is 11.6 Å². The molecule has 2 N–H and O–H groups in total. The normalized spacial score (nSPS) is 11.8. The Morgan fingerprint density at radius 2 is 2.00 bits per heavy atom. The molecule has 0 saturated carbocycles. The lowest BCUT2D eigenvalue weighted by Crippen LogP contribution is -2.14. The summed E-state index contributed by atoms with van der Waals surface area (Å²) in [7, 11) is 1.41. The van der Waals surface area contributed by atoms with E-state index in [0.29, 0.717) is 23.2 Å². The van der Waals surface area contributed by atoms with Crippen molar-refractivity contribution in [2.75, 3.05) is 7.11 Å². The topological polar surface area (TPSA) is 65.2 Å². The Hall–Kier alpha value is -3.21. The first kappa shape index (κ1) is 15.3. The summed E-state index contributed by atoms with van der Waals surface area (Å²) < 4.78 is 19.0. The molecule has 1 aliphatic rings. The van der Waals surface area contributed by atoms with Crippen molar-refractivity contribution in [2.24, 2.45) is 5.73 Å². The first-order chi connectivity index (χ1) is 12.1. The number of aromatic nitrogens is 1. The molecule has 0 atom stereocenters. The molecule has 4 rings (SSSR count). The Morgan fingerprint density at radius 1 is 1.20 bits per heavy atom. The monoisotopic (exact) mass is 334 g/mol. The van der Waals surface area contributed by atoms with Crippen molar-refractivity contribution in [1.82, 2.24) is 4.98 Å². The molecule has 0 spiro atoms. The van der Waals surface area contributed by atoms with Gasteiger partial charge in [-0.1, -0.05) is 24.3 Å². The molecule has 1 aromatic heterocycles. The third-order valence-electron chi connectivity index (χ3n) is 4.48. The van der Waals surface area contributed by atoms with E-state index in [4.69, 9.17) is 10.5 Å². The lowest BCUT2D eigenvalue weighted by molar-refractivity contribution is 0.0999. The number of rotatable bonds is 3. The van der Waals surface area contributed by atoms with E-state index in [1.54, 1.807) is 12.1 Å². The fourth-order valence-corrected chi connectivity index (χ4v) is 3.26. The van der Waals surface area contributed by atoms with Crippen LogP contribution in [0.3, 0.4) is 0 Å². The fourth-order valence-electron chi connectivity index (χ4n) is 3.26. The molecule has 5 heteroatoms. The van der Waals surface area contributed by atoms with E-state index in [1.165, 1.54) is 19.2 Å². The van der Waals surface area contributed by atoms with E-state index < -0.39 is 11.7 Å². The van der Waals surface area contributed by atoms with Crippen molar-refractivity contribution in [1.29, 1.82) is 0 Å². The summed E-state index contributed by atoms with van der Waals surface area (Å²) in [6.45, 7) is 0. The SMILES string of the molecule is COc1ccc(-c2cc(C(N)=O)c3c(n2)-c2ccccc2C3)cc1F. The smallest absolute Gasteiger partial charge is 0.249 e. The van der Waals surface area contributed by atoms with Crippen LogP contribution in [-0.4, -0.2) is 18.0 Å². The van der Waals surface area contributed by atoms with Gasteiger partial charge in [0.05, 0.1) is 18.5 Å². The highest BCUT2D eigenvalue weighted by molar-refractivity contribution is 5.98. The van der Waals surface area contributed by atoms with Gasteiger partial charge in [0.25, 0.3) is 0 Å². The molecule has 4 nitrogen and oxygen atoms in total. The van der Waals surface area contributed by atoms with Crippen LogP contribution in [0.1, 0.15) is 21.5 Å². The molecule has 1 heterocycles. The van der Waals surface area contributed by atoms with Gasteiger partial charge in [0.2, 0.25) is 5.91 Å². The highest BCUT2D eigenvalue weighted by Gasteiger charge is 2.25. The van der Waals surface area contributed by atoms with Gasteiger partial charge in [0, 0.05) is 23.1 Å². The second kappa shape index (κ2) is 5.70. The largest absolute Gasteiger partial charge is 0.494 e. The molecule has 0 radical (unpaired) electrons. The van der Waals surface area contributed by atoms with Crippen molar-refractivity contribution < 1.29 is 13.9 Å². The molecule has 1 aliphatic carbocycles. The van der Waals surface area contributed by atoms with Crippen LogP contribution in [0.2, 0.25) is 0 Å². The predicted molar refractivity (Wildman–Crippen MR) is 92.9 cm³/mol. The van der Waals surface area contributed by atoms with Crippen LogP contribution >= 0.6 is 0 Å². The number of hydrogen-bond donors (Lipinski definition) is 1. The second-order valence-electron chi connectivity index (χ2n) is 5.93. The average Bonchev–Trinajstić information content (AvgIpc) is 2.99. The summed E-state index contributed by atoms with van der Waals surface area (Å²) in [6.07, 6.45) is 0.619. The molecule has 0 aliphatic heterocycles. The van der Waals surface area contributed by atoms with Gasteiger partial charge in [-0.15, -0.1) is 0 Å². The van der Waals surface area contributed by atoms with E-state index in [9.17, 15) is 9.18 Å².